The summed E-state index contributed by atoms with van der Waals surface area (Å²) in [6.07, 6.45) is -2.06. The average molecular weight is 276 g/mol. The van der Waals surface area contributed by atoms with E-state index in [1.54, 1.807) is 0 Å². The molecule has 0 amide bonds. The van der Waals surface area contributed by atoms with Gasteiger partial charge in [0, 0.05) is 28.1 Å². The summed E-state index contributed by atoms with van der Waals surface area (Å²) >= 11 is 0. The lowest BCUT2D eigenvalue weighted by molar-refractivity contribution is -0.225. The highest BCUT2D eigenvalue weighted by Crippen LogP contribution is 2.23. The van der Waals surface area contributed by atoms with Gasteiger partial charge in [0.05, 0.1) is 6.61 Å². The van der Waals surface area contributed by atoms with Gasteiger partial charge in [0.15, 0.2) is 6.10 Å². The minimum Gasteiger partial charge on any atom is -0.463 e. The number of hydrogen-bond donors (Lipinski definition) is 0. The van der Waals surface area contributed by atoms with Crippen LogP contribution in [0.2, 0.25) is 0 Å². The third kappa shape index (κ3) is 4.45. The van der Waals surface area contributed by atoms with E-state index in [0.717, 1.165) is 0 Å². The fourth-order valence-corrected chi connectivity index (χ4v) is 2.00. The lowest BCUT2D eigenvalue weighted by Gasteiger charge is -2.40. The smallest absolute Gasteiger partial charge is 0.303 e. The Labute approximate surface area is 112 Å². The molecule has 0 saturated carbocycles. The van der Waals surface area contributed by atoms with E-state index in [4.69, 9.17) is 23.7 Å². The first-order valence-corrected chi connectivity index (χ1v) is 5.97. The molecule has 0 N–H and O–H groups in total. The number of hydrogen-bond acceptors (Lipinski definition) is 7. The SMILES string of the molecule is CO[C@H]1[C@H](OC(C)=O)[C@@H](COC(C)=O)OC[C@@H]1OC. The summed E-state index contributed by atoms with van der Waals surface area (Å²) in [5.41, 5.74) is 0. The maximum Gasteiger partial charge on any atom is 0.303 e. The van der Waals surface area contributed by atoms with Gasteiger partial charge in [-0.15, -0.1) is 0 Å². The van der Waals surface area contributed by atoms with Gasteiger partial charge < -0.3 is 23.7 Å². The van der Waals surface area contributed by atoms with Crippen molar-refractivity contribution in [1.29, 1.82) is 0 Å². The van der Waals surface area contributed by atoms with Crippen LogP contribution in [0.25, 0.3) is 0 Å². The zero-order valence-corrected chi connectivity index (χ0v) is 11.6. The minimum absolute atomic E-state index is 0.00355. The summed E-state index contributed by atoms with van der Waals surface area (Å²) in [5.74, 6) is -0.881. The van der Waals surface area contributed by atoms with Crippen molar-refractivity contribution in [3.63, 3.8) is 0 Å². The largest absolute Gasteiger partial charge is 0.463 e. The Bertz CT molecular complexity index is 317. The number of methoxy groups -OCH3 is 2. The standard InChI is InChI=1S/C12H20O7/c1-7(13)17-6-10-12(19-8(2)14)11(16-4)9(15-3)5-18-10/h9-12H,5-6H2,1-4H3/t9-,10+,11+,12+/m0/s1. The fourth-order valence-electron chi connectivity index (χ4n) is 2.00. The molecule has 7 heteroatoms. The zero-order chi connectivity index (χ0) is 14.4. The van der Waals surface area contributed by atoms with Gasteiger partial charge >= 0.3 is 11.9 Å². The molecule has 0 aromatic heterocycles. The molecule has 0 aromatic rings. The van der Waals surface area contributed by atoms with Crippen molar-refractivity contribution < 1.29 is 33.3 Å². The predicted octanol–water partition coefficient (Wildman–Crippen LogP) is -0.0900. The Morgan fingerprint density at radius 1 is 1.11 bits per heavy atom. The maximum absolute atomic E-state index is 11.2. The van der Waals surface area contributed by atoms with Gasteiger partial charge in [-0.25, -0.2) is 0 Å². The molecule has 1 saturated heterocycles. The van der Waals surface area contributed by atoms with Gasteiger partial charge in [0.25, 0.3) is 0 Å². The molecule has 1 heterocycles. The molecule has 4 atom stereocenters. The lowest BCUT2D eigenvalue weighted by Crippen LogP contribution is -2.57. The van der Waals surface area contributed by atoms with Crippen molar-refractivity contribution >= 4 is 11.9 Å². The molecule has 0 radical (unpaired) electrons. The van der Waals surface area contributed by atoms with E-state index in [9.17, 15) is 9.59 Å². The van der Waals surface area contributed by atoms with Crippen LogP contribution in [0.15, 0.2) is 0 Å². The monoisotopic (exact) mass is 276 g/mol. The predicted molar refractivity (Wildman–Crippen MR) is 63.5 cm³/mol. The highest BCUT2D eigenvalue weighted by Gasteiger charge is 2.43. The van der Waals surface area contributed by atoms with Crippen LogP contribution in [0.1, 0.15) is 13.8 Å². The van der Waals surface area contributed by atoms with Crippen LogP contribution >= 0.6 is 0 Å². The van der Waals surface area contributed by atoms with E-state index in [1.807, 2.05) is 0 Å². The van der Waals surface area contributed by atoms with Gasteiger partial charge in [-0.05, 0) is 0 Å². The first-order valence-electron chi connectivity index (χ1n) is 5.97. The molecule has 0 aliphatic carbocycles. The fraction of sp³-hybridized carbons (Fsp3) is 0.833. The first-order chi connectivity index (χ1) is 8.99. The summed E-state index contributed by atoms with van der Waals surface area (Å²) in [5, 5.41) is 0. The Hall–Kier alpha value is -1.18. The second-order valence-corrected chi connectivity index (χ2v) is 4.22. The maximum atomic E-state index is 11.2. The van der Waals surface area contributed by atoms with E-state index in [2.05, 4.69) is 0 Å². The molecule has 1 rings (SSSR count). The number of carbonyl (C=O) groups is 2. The van der Waals surface area contributed by atoms with Crippen LogP contribution in [0.4, 0.5) is 0 Å². The Kier molecular flexibility index (Phi) is 6.20. The van der Waals surface area contributed by atoms with Crippen LogP contribution in [0, 0.1) is 0 Å². The quantitative estimate of drug-likeness (QED) is 0.649. The van der Waals surface area contributed by atoms with Crippen molar-refractivity contribution in [2.45, 2.75) is 38.3 Å². The van der Waals surface area contributed by atoms with E-state index < -0.39 is 30.3 Å². The summed E-state index contributed by atoms with van der Waals surface area (Å²) in [7, 11) is 3.03. The molecular weight excluding hydrogens is 256 g/mol. The molecular formula is C12H20O7. The van der Waals surface area contributed by atoms with E-state index >= 15 is 0 Å². The Balaban J connectivity index is 2.77. The molecule has 0 spiro atoms. The molecule has 0 aromatic carbocycles. The molecule has 0 unspecified atom stereocenters. The summed E-state index contributed by atoms with van der Waals surface area (Å²) < 4.78 is 26.2. The molecule has 1 fully saturated rings. The van der Waals surface area contributed by atoms with Crippen molar-refractivity contribution in [1.82, 2.24) is 0 Å². The van der Waals surface area contributed by atoms with Crippen molar-refractivity contribution in [2.24, 2.45) is 0 Å². The minimum atomic E-state index is -0.680. The van der Waals surface area contributed by atoms with Crippen molar-refractivity contribution in [3.05, 3.63) is 0 Å². The van der Waals surface area contributed by atoms with Crippen LogP contribution in [0.3, 0.4) is 0 Å². The van der Waals surface area contributed by atoms with Crippen molar-refractivity contribution in [2.75, 3.05) is 27.4 Å². The summed E-state index contributed by atoms with van der Waals surface area (Å²) in [4.78, 5) is 22.0. The number of ether oxygens (including phenoxy) is 5. The van der Waals surface area contributed by atoms with Crippen LogP contribution < -0.4 is 0 Å². The Morgan fingerprint density at radius 2 is 1.79 bits per heavy atom. The highest BCUT2D eigenvalue weighted by atomic mass is 16.6. The number of carbonyl (C=O) groups excluding carboxylic acids is 2. The molecule has 19 heavy (non-hydrogen) atoms. The number of esters is 2. The van der Waals surface area contributed by atoms with Crippen LogP contribution in [-0.4, -0.2) is 63.8 Å². The Morgan fingerprint density at radius 3 is 2.26 bits per heavy atom. The van der Waals surface area contributed by atoms with Crippen LogP contribution in [-0.2, 0) is 33.3 Å². The van der Waals surface area contributed by atoms with Gasteiger partial charge in [-0.2, -0.15) is 0 Å². The summed E-state index contributed by atoms with van der Waals surface area (Å²) in [6.45, 7) is 2.88. The van der Waals surface area contributed by atoms with E-state index in [-0.39, 0.29) is 19.3 Å². The second kappa shape index (κ2) is 7.42. The van der Waals surface area contributed by atoms with Gasteiger partial charge in [-0.1, -0.05) is 0 Å². The normalized spacial score (nSPS) is 30.7. The van der Waals surface area contributed by atoms with Gasteiger partial charge in [0.2, 0.25) is 0 Å². The third-order valence-electron chi connectivity index (χ3n) is 2.86. The second-order valence-electron chi connectivity index (χ2n) is 4.22. The molecule has 7 nitrogen and oxygen atoms in total. The topological polar surface area (TPSA) is 80.3 Å². The van der Waals surface area contributed by atoms with Crippen molar-refractivity contribution in [3.8, 4) is 0 Å². The molecule has 0 bridgehead atoms. The van der Waals surface area contributed by atoms with E-state index in [0.29, 0.717) is 0 Å². The summed E-state index contributed by atoms with van der Waals surface area (Å²) in [6, 6.07) is 0. The van der Waals surface area contributed by atoms with Gasteiger partial charge in [0.1, 0.15) is 24.9 Å². The molecule has 1 aliphatic rings. The first kappa shape index (κ1) is 15.9. The van der Waals surface area contributed by atoms with E-state index in [1.165, 1.54) is 28.1 Å². The zero-order valence-electron chi connectivity index (χ0n) is 11.6. The lowest BCUT2D eigenvalue weighted by atomic mass is 10.00. The average Bonchev–Trinajstić information content (AvgIpc) is 2.35. The number of rotatable bonds is 5. The highest BCUT2D eigenvalue weighted by molar-refractivity contribution is 5.66. The van der Waals surface area contributed by atoms with Gasteiger partial charge in [-0.3, -0.25) is 9.59 Å². The molecule has 1 aliphatic heterocycles. The molecule has 110 valence electrons. The third-order valence-corrected chi connectivity index (χ3v) is 2.86. The van der Waals surface area contributed by atoms with Crippen LogP contribution in [0.5, 0.6) is 0 Å².